The minimum Gasteiger partial charge on any atom is -0.480 e. The van der Waals surface area contributed by atoms with Crippen LogP contribution in [0, 0.1) is 0 Å². The molecule has 0 aliphatic carbocycles. The van der Waals surface area contributed by atoms with Crippen molar-refractivity contribution in [2.45, 2.75) is 38.3 Å². The molecular weight excluding hydrogens is 450 g/mol. The fourth-order valence-electron chi connectivity index (χ4n) is 5.14. The molecule has 0 saturated carbocycles. The molecule has 0 radical (unpaired) electrons. The van der Waals surface area contributed by atoms with Gasteiger partial charge in [0.2, 0.25) is 0 Å². The molecule has 6 nitrogen and oxygen atoms in total. The maximum atomic E-state index is 14.1. The Morgan fingerprint density at radius 1 is 1.00 bits per heavy atom. The van der Waals surface area contributed by atoms with Crippen LogP contribution in [-0.2, 0) is 4.79 Å². The highest BCUT2D eigenvalue weighted by Gasteiger charge is 2.36. The summed E-state index contributed by atoms with van der Waals surface area (Å²) < 4.78 is 0. The number of hydrogen-bond acceptors (Lipinski definition) is 4. The zero-order chi connectivity index (χ0) is 25.1. The number of carboxylic acids is 1. The summed E-state index contributed by atoms with van der Waals surface area (Å²) in [7, 11) is 0. The fourth-order valence-corrected chi connectivity index (χ4v) is 5.14. The topological polar surface area (TPSA) is 82.5 Å². The number of aromatic nitrogens is 1. The Kier molecular flexibility index (Phi) is 6.67. The Morgan fingerprint density at radius 2 is 1.67 bits per heavy atom. The predicted octanol–water partition coefficient (Wildman–Crippen LogP) is 5.84. The van der Waals surface area contributed by atoms with E-state index < -0.39 is 12.0 Å². The summed E-state index contributed by atoms with van der Waals surface area (Å²) >= 11 is 0. The van der Waals surface area contributed by atoms with Crippen LogP contribution in [0.15, 0.2) is 84.9 Å². The first kappa shape index (κ1) is 23.5. The van der Waals surface area contributed by atoms with Crippen molar-refractivity contribution in [3.8, 4) is 11.3 Å². The minimum atomic E-state index is -0.887. The van der Waals surface area contributed by atoms with Crippen molar-refractivity contribution >= 4 is 28.5 Å². The van der Waals surface area contributed by atoms with Crippen molar-refractivity contribution < 1.29 is 14.7 Å². The largest absolute Gasteiger partial charge is 0.480 e. The summed E-state index contributed by atoms with van der Waals surface area (Å²) in [5, 5.41) is 14.0. The van der Waals surface area contributed by atoms with Gasteiger partial charge in [-0.1, -0.05) is 85.8 Å². The van der Waals surface area contributed by atoms with Crippen molar-refractivity contribution in [2.24, 2.45) is 0 Å². The zero-order valence-electron chi connectivity index (χ0n) is 20.2. The average Bonchev–Trinajstić information content (AvgIpc) is 3.41. The predicted molar refractivity (Wildman–Crippen MR) is 142 cm³/mol. The van der Waals surface area contributed by atoms with E-state index >= 15 is 0 Å². The third-order valence-corrected chi connectivity index (χ3v) is 6.88. The highest BCUT2D eigenvalue weighted by atomic mass is 16.4. The Morgan fingerprint density at radius 3 is 2.36 bits per heavy atom. The molecule has 0 spiro atoms. The monoisotopic (exact) mass is 479 g/mol. The number of carbonyl (C=O) groups is 2. The minimum absolute atomic E-state index is 0.174. The number of anilines is 1. The maximum Gasteiger partial charge on any atom is 0.326 e. The van der Waals surface area contributed by atoms with Crippen LogP contribution in [-0.4, -0.2) is 34.6 Å². The van der Waals surface area contributed by atoms with Gasteiger partial charge in [0.1, 0.15) is 6.04 Å². The lowest BCUT2D eigenvalue weighted by atomic mass is 9.97. The first-order chi connectivity index (χ1) is 17.6. The van der Waals surface area contributed by atoms with Crippen LogP contribution in [0.2, 0.25) is 0 Å². The van der Waals surface area contributed by atoms with Crippen LogP contribution >= 0.6 is 0 Å². The Balaban J connectivity index is 1.73. The molecule has 6 heteroatoms. The average molecular weight is 480 g/mol. The summed E-state index contributed by atoms with van der Waals surface area (Å²) in [5.74, 6) is -1.12. The molecule has 0 bridgehead atoms. The molecule has 1 saturated heterocycles. The maximum absolute atomic E-state index is 14.1. The second kappa shape index (κ2) is 10.2. The number of para-hydroxylation sites is 1. The van der Waals surface area contributed by atoms with Gasteiger partial charge < -0.3 is 15.3 Å². The Labute approximate surface area is 210 Å². The van der Waals surface area contributed by atoms with Crippen LogP contribution in [0.4, 0.5) is 5.69 Å². The molecule has 2 atom stereocenters. The van der Waals surface area contributed by atoms with Crippen molar-refractivity contribution in [1.82, 2.24) is 10.3 Å². The fraction of sp³-hybridized carbons (Fsp3) is 0.233. The first-order valence-electron chi connectivity index (χ1n) is 12.4. The van der Waals surface area contributed by atoms with Crippen molar-refractivity contribution in [1.29, 1.82) is 0 Å². The standard InChI is InChI=1S/C30H29N3O3/c1-2-23(20-12-5-3-6-13-20)32-29(34)26-22-16-9-10-17-24(22)31-27(21-14-7-4-8-15-21)28(26)33-19-11-18-25(33)30(35)36/h3-10,12-17,23,25H,2,11,18-19H2,1H3,(H,32,34)(H,35,36). The number of benzene rings is 3. The highest BCUT2D eigenvalue weighted by Crippen LogP contribution is 2.40. The molecule has 2 unspecified atom stereocenters. The SMILES string of the molecule is CCC(NC(=O)c1c(N2CCCC2C(=O)O)c(-c2ccccc2)nc2ccccc12)c1ccccc1. The number of nitrogens with zero attached hydrogens (tertiary/aromatic N) is 2. The number of rotatable bonds is 7. The second-order valence-corrected chi connectivity index (χ2v) is 9.10. The summed E-state index contributed by atoms with van der Waals surface area (Å²) in [4.78, 5) is 33.2. The quantitative estimate of drug-likeness (QED) is 0.348. The van der Waals surface area contributed by atoms with Crippen LogP contribution in [0.5, 0.6) is 0 Å². The van der Waals surface area contributed by atoms with Gasteiger partial charge in [0.05, 0.1) is 28.5 Å². The van der Waals surface area contributed by atoms with E-state index in [0.29, 0.717) is 40.8 Å². The molecule has 2 heterocycles. The molecule has 1 aliphatic rings. The number of fused-ring (bicyclic) bond motifs is 1. The van der Waals surface area contributed by atoms with Crippen molar-refractivity contribution in [2.75, 3.05) is 11.4 Å². The van der Waals surface area contributed by atoms with Gasteiger partial charge in [-0.2, -0.15) is 0 Å². The summed E-state index contributed by atoms with van der Waals surface area (Å²) in [6.45, 7) is 2.59. The highest BCUT2D eigenvalue weighted by molar-refractivity contribution is 6.14. The summed E-state index contributed by atoms with van der Waals surface area (Å²) in [5.41, 5.74) is 4.26. The van der Waals surface area contributed by atoms with Gasteiger partial charge >= 0.3 is 5.97 Å². The van der Waals surface area contributed by atoms with Gasteiger partial charge in [0.25, 0.3) is 5.91 Å². The third kappa shape index (κ3) is 4.42. The Hall–Kier alpha value is -4.19. The third-order valence-electron chi connectivity index (χ3n) is 6.88. The van der Waals surface area contributed by atoms with Crippen molar-refractivity contribution in [3.05, 3.63) is 96.1 Å². The molecule has 1 amide bonds. The van der Waals surface area contributed by atoms with E-state index in [4.69, 9.17) is 4.98 Å². The van der Waals surface area contributed by atoms with Gasteiger partial charge in [-0.3, -0.25) is 4.79 Å². The lowest BCUT2D eigenvalue weighted by Crippen LogP contribution is -2.38. The zero-order valence-corrected chi connectivity index (χ0v) is 20.2. The van der Waals surface area contributed by atoms with E-state index in [1.165, 1.54) is 0 Å². The van der Waals surface area contributed by atoms with Crippen LogP contribution < -0.4 is 10.2 Å². The molecule has 36 heavy (non-hydrogen) atoms. The van der Waals surface area contributed by atoms with E-state index in [9.17, 15) is 14.7 Å². The second-order valence-electron chi connectivity index (χ2n) is 9.10. The molecule has 1 aromatic heterocycles. The lowest BCUT2D eigenvalue weighted by Gasteiger charge is -2.29. The number of carbonyl (C=O) groups excluding carboxylic acids is 1. The number of amides is 1. The lowest BCUT2D eigenvalue weighted by molar-refractivity contribution is -0.138. The van der Waals surface area contributed by atoms with Gasteiger partial charge in [-0.05, 0) is 30.9 Å². The van der Waals surface area contributed by atoms with Gasteiger partial charge in [0, 0.05) is 17.5 Å². The van der Waals surface area contributed by atoms with Crippen LogP contribution in [0.25, 0.3) is 22.2 Å². The van der Waals surface area contributed by atoms with E-state index in [1.807, 2.05) is 96.8 Å². The molecule has 1 aliphatic heterocycles. The molecule has 4 aromatic rings. The summed E-state index contributed by atoms with van der Waals surface area (Å²) in [6, 6.07) is 26.3. The van der Waals surface area contributed by atoms with E-state index in [-0.39, 0.29) is 11.9 Å². The van der Waals surface area contributed by atoms with Crippen LogP contribution in [0.3, 0.4) is 0 Å². The molecule has 5 rings (SSSR count). The van der Waals surface area contributed by atoms with Gasteiger partial charge in [-0.15, -0.1) is 0 Å². The number of hydrogen-bond donors (Lipinski definition) is 2. The first-order valence-corrected chi connectivity index (χ1v) is 12.4. The van der Waals surface area contributed by atoms with Gasteiger partial charge in [0.15, 0.2) is 0 Å². The van der Waals surface area contributed by atoms with E-state index in [0.717, 1.165) is 24.0 Å². The van der Waals surface area contributed by atoms with Gasteiger partial charge in [-0.25, -0.2) is 9.78 Å². The van der Waals surface area contributed by atoms with E-state index in [2.05, 4.69) is 5.32 Å². The van der Waals surface area contributed by atoms with E-state index in [1.54, 1.807) is 0 Å². The Bertz CT molecular complexity index is 1390. The number of pyridine rings is 1. The van der Waals surface area contributed by atoms with Crippen LogP contribution in [0.1, 0.15) is 48.1 Å². The molecule has 1 fully saturated rings. The summed E-state index contributed by atoms with van der Waals surface area (Å²) in [6.07, 6.45) is 1.99. The van der Waals surface area contributed by atoms with Crippen molar-refractivity contribution in [3.63, 3.8) is 0 Å². The molecule has 2 N–H and O–H groups in total. The number of aliphatic carboxylic acids is 1. The molecule has 182 valence electrons. The normalized spacial score (nSPS) is 16.1. The molecule has 3 aromatic carbocycles. The molecular formula is C30H29N3O3. The number of carboxylic acid groups (broad SMARTS) is 1. The smallest absolute Gasteiger partial charge is 0.326 e. The number of nitrogens with one attached hydrogen (secondary N) is 1.